The van der Waals surface area contributed by atoms with Crippen molar-refractivity contribution in [3.8, 4) is 0 Å². The van der Waals surface area contributed by atoms with Gasteiger partial charge in [-0.2, -0.15) is 0 Å². The average molecular weight is 210 g/mol. The summed E-state index contributed by atoms with van der Waals surface area (Å²) in [4.78, 5) is 24.7. The SMILES string of the molecule is CC1CCCC(N2CC(=O)NCC2=O)C1. The molecule has 2 atom stereocenters. The average Bonchev–Trinajstić information content (AvgIpc) is 2.22. The number of nitrogens with one attached hydrogen (secondary N) is 1. The summed E-state index contributed by atoms with van der Waals surface area (Å²) in [6.45, 7) is 2.67. The molecule has 15 heavy (non-hydrogen) atoms. The van der Waals surface area contributed by atoms with Crippen molar-refractivity contribution in [3.63, 3.8) is 0 Å². The first-order valence-corrected chi connectivity index (χ1v) is 5.73. The van der Waals surface area contributed by atoms with Crippen LogP contribution < -0.4 is 5.32 Å². The molecular weight excluding hydrogens is 192 g/mol. The van der Waals surface area contributed by atoms with Gasteiger partial charge in [-0.3, -0.25) is 9.59 Å². The molecule has 2 aliphatic rings. The Bertz CT molecular complexity index is 278. The van der Waals surface area contributed by atoms with Crippen LogP contribution in [0.4, 0.5) is 0 Å². The van der Waals surface area contributed by atoms with Crippen LogP contribution in [0.3, 0.4) is 0 Å². The summed E-state index contributed by atoms with van der Waals surface area (Å²) in [5, 5.41) is 2.58. The minimum atomic E-state index is -0.0205. The Hall–Kier alpha value is -1.06. The monoisotopic (exact) mass is 210 g/mol. The highest BCUT2D eigenvalue weighted by atomic mass is 16.2. The van der Waals surface area contributed by atoms with E-state index in [2.05, 4.69) is 12.2 Å². The molecule has 2 fully saturated rings. The van der Waals surface area contributed by atoms with Crippen LogP contribution in [-0.2, 0) is 9.59 Å². The molecule has 1 aliphatic carbocycles. The molecule has 2 unspecified atom stereocenters. The zero-order valence-electron chi connectivity index (χ0n) is 9.16. The van der Waals surface area contributed by atoms with Crippen LogP contribution in [0.5, 0.6) is 0 Å². The largest absolute Gasteiger partial charge is 0.345 e. The standard InChI is InChI=1S/C11H18N2O2/c1-8-3-2-4-9(5-8)13-7-10(14)12-6-11(13)15/h8-9H,2-7H2,1H3,(H,12,14). The van der Waals surface area contributed by atoms with E-state index in [9.17, 15) is 9.59 Å². The van der Waals surface area contributed by atoms with Gasteiger partial charge in [-0.05, 0) is 18.8 Å². The maximum atomic E-state index is 11.7. The number of carbonyl (C=O) groups excluding carboxylic acids is 2. The van der Waals surface area contributed by atoms with Gasteiger partial charge in [0.2, 0.25) is 11.8 Å². The lowest BCUT2D eigenvalue weighted by Crippen LogP contribution is -2.55. The van der Waals surface area contributed by atoms with Crippen molar-refractivity contribution in [1.29, 1.82) is 0 Å². The summed E-state index contributed by atoms with van der Waals surface area (Å²) in [7, 11) is 0. The second-order valence-electron chi connectivity index (χ2n) is 4.72. The van der Waals surface area contributed by atoms with Crippen molar-refractivity contribution in [2.45, 2.75) is 38.6 Å². The van der Waals surface area contributed by atoms with Crippen molar-refractivity contribution in [3.05, 3.63) is 0 Å². The number of rotatable bonds is 1. The van der Waals surface area contributed by atoms with Crippen LogP contribution in [0.15, 0.2) is 0 Å². The fourth-order valence-corrected chi connectivity index (χ4v) is 2.59. The first-order valence-electron chi connectivity index (χ1n) is 5.73. The molecule has 1 N–H and O–H groups in total. The summed E-state index contributed by atoms with van der Waals surface area (Å²) < 4.78 is 0. The molecule has 1 heterocycles. The zero-order chi connectivity index (χ0) is 10.8. The number of amides is 2. The molecule has 0 spiro atoms. The third-order valence-electron chi connectivity index (χ3n) is 3.42. The fourth-order valence-electron chi connectivity index (χ4n) is 2.59. The van der Waals surface area contributed by atoms with E-state index in [0.29, 0.717) is 12.0 Å². The number of piperazine rings is 1. The molecule has 2 amide bonds. The van der Waals surface area contributed by atoms with Crippen molar-refractivity contribution in [2.75, 3.05) is 13.1 Å². The Morgan fingerprint density at radius 3 is 2.87 bits per heavy atom. The van der Waals surface area contributed by atoms with Crippen molar-refractivity contribution in [2.24, 2.45) is 5.92 Å². The van der Waals surface area contributed by atoms with E-state index < -0.39 is 0 Å². The summed E-state index contributed by atoms with van der Waals surface area (Å²) in [6, 6.07) is 0.298. The second-order valence-corrected chi connectivity index (χ2v) is 4.72. The molecule has 0 aromatic rings. The van der Waals surface area contributed by atoms with Gasteiger partial charge in [0.1, 0.15) is 0 Å². The van der Waals surface area contributed by atoms with E-state index in [-0.39, 0.29) is 24.9 Å². The smallest absolute Gasteiger partial charge is 0.242 e. The van der Waals surface area contributed by atoms with Gasteiger partial charge >= 0.3 is 0 Å². The summed E-state index contributed by atoms with van der Waals surface area (Å²) >= 11 is 0. The summed E-state index contributed by atoms with van der Waals surface area (Å²) in [5.74, 6) is 0.739. The van der Waals surface area contributed by atoms with Gasteiger partial charge in [-0.25, -0.2) is 0 Å². The van der Waals surface area contributed by atoms with Crippen LogP contribution in [0.2, 0.25) is 0 Å². The van der Waals surface area contributed by atoms with Crippen molar-refractivity contribution >= 4 is 11.8 Å². The molecule has 0 radical (unpaired) electrons. The number of hydrogen-bond acceptors (Lipinski definition) is 2. The predicted molar refractivity (Wildman–Crippen MR) is 56.1 cm³/mol. The Morgan fingerprint density at radius 1 is 1.33 bits per heavy atom. The number of carbonyl (C=O) groups is 2. The number of hydrogen-bond donors (Lipinski definition) is 1. The lowest BCUT2D eigenvalue weighted by molar-refractivity contribution is -0.143. The van der Waals surface area contributed by atoms with Crippen LogP contribution in [0.25, 0.3) is 0 Å². The molecule has 0 bridgehead atoms. The summed E-state index contributed by atoms with van der Waals surface area (Å²) in [5.41, 5.74) is 0. The van der Waals surface area contributed by atoms with Gasteiger partial charge in [0.05, 0.1) is 13.1 Å². The lowest BCUT2D eigenvalue weighted by Gasteiger charge is -2.38. The van der Waals surface area contributed by atoms with Gasteiger partial charge in [-0.15, -0.1) is 0 Å². The highest BCUT2D eigenvalue weighted by Crippen LogP contribution is 2.27. The van der Waals surface area contributed by atoms with Crippen LogP contribution in [-0.4, -0.2) is 35.8 Å². The third kappa shape index (κ3) is 2.30. The molecule has 1 saturated carbocycles. The molecule has 1 aliphatic heterocycles. The third-order valence-corrected chi connectivity index (χ3v) is 3.42. The Morgan fingerprint density at radius 2 is 2.13 bits per heavy atom. The van der Waals surface area contributed by atoms with Crippen molar-refractivity contribution < 1.29 is 9.59 Å². The van der Waals surface area contributed by atoms with E-state index in [1.807, 2.05) is 0 Å². The van der Waals surface area contributed by atoms with Gasteiger partial charge in [0, 0.05) is 6.04 Å². The molecule has 84 valence electrons. The second kappa shape index (κ2) is 4.21. The van der Waals surface area contributed by atoms with E-state index >= 15 is 0 Å². The normalized spacial score (nSPS) is 32.7. The fraction of sp³-hybridized carbons (Fsp3) is 0.818. The maximum absolute atomic E-state index is 11.7. The first-order chi connectivity index (χ1) is 7.16. The van der Waals surface area contributed by atoms with Crippen LogP contribution >= 0.6 is 0 Å². The topological polar surface area (TPSA) is 49.4 Å². The highest BCUT2D eigenvalue weighted by Gasteiger charge is 2.31. The zero-order valence-corrected chi connectivity index (χ0v) is 9.16. The minimum absolute atomic E-state index is 0.0205. The van der Waals surface area contributed by atoms with E-state index in [4.69, 9.17) is 0 Å². The van der Waals surface area contributed by atoms with Crippen LogP contribution in [0, 0.1) is 5.92 Å². The van der Waals surface area contributed by atoms with E-state index in [0.717, 1.165) is 12.8 Å². The van der Waals surface area contributed by atoms with Gasteiger partial charge < -0.3 is 10.2 Å². The quantitative estimate of drug-likeness (QED) is 0.686. The molecule has 0 aromatic carbocycles. The van der Waals surface area contributed by atoms with E-state index in [1.54, 1.807) is 4.90 Å². The maximum Gasteiger partial charge on any atom is 0.242 e. The Labute approximate surface area is 90.0 Å². The number of nitrogens with zero attached hydrogens (tertiary/aromatic N) is 1. The minimum Gasteiger partial charge on any atom is -0.345 e. The molecule has 0 aromatic heterocycles. The molecule has 2 rings (SSSR count). The van der Waals surface area contributed by atoms with Crippen molar-refractivity contribution in [1.82, 2.24) is 10.2 Å². The van der Waals surface area contributed by atoms with Crippen LogP contribution in [0.1, 0.15) is 32.6 Å². The van der Waals surface area contributed by atoms with Gasteiger partial charge in [-0.1, -0.05) is 19.8 Å². The first kappa shape index (κ1) is 10.5. The Kier molecular flexibility index (Phi) is 2.93. The highest BCUT2D eigenvalue weighted by molar-refractivity contribution is 5.92. The molecule has 4 heteroatoms. The van der Waals surface area contributed by atoms with Gasteiger partial charge in [0.15, 0.2) is 0 Å². The van der Waals surface area contributed by atoms with Gasteiger partial charge in [0.25, 0.3) is 0 Å². The molecule has 1 saturated heterocycles. The molecular formula is C11H18N2O2. The summed E-state index contributed by atoms with van der Waals surface area (Å²) in [6.07, 6.45) is 4.55. The Balaban J connectivity index is 2.01. The predicted octanol–water partition coefficient (Wildman–Crippen LogP) is 0.524. The molecule has 4 nitrogen and oxygen atoms in total. The van der Waals surface area contributed by atoms with E-state index in [1.165, 1.54) is 12.8 Å². The lowest BCUT2D eigenvalue weighted by atomic mass is 9.86.